The molecule has 1 aromatic rings. The first-order chi connectivity index (χ1) is 8.54. The Morgan fingerprint density at radius 3 is 2.72 bits per heavy atom. The van der Waals surface area contributed by atoms with Crippen LogP contribution >= 0.6 is 0 Å². The molecule has 5 heteroatoms. The Morgan fingerprint density at radius 2 is 2.17 bits per heavy atom. The number of hydrogen-bond donors (Lipinski definition) is 0. The number of hydrogen-bond acceptors (Lipinski definition) is 4. The van der Waals surface area contributed by atoms with Crippen LogP contribution in [0.25, 0.3) is 0 Å². The topological polar surface area (TPSA) is 69.4 Å². The summed E-state index contributed by atoms with van der Waals surface area (Å²) in [5, 5.41) is 11.0. The lowest BCUT2D eigenvalue weighted by Crippen LogP contribution is -2.22. The van der Waals surface area contributed by atoms with Gasteiger partial charge in [0.25, 0.3) is 5.69 Å². The van der Waals surface area contributed by atoms with Crippen molar-refractivity contribution >= 4 is 11.5 Å². The van der Waals surface area contributed by atoms with Crippen LogP contribution in [-0.4, -0.2) is 17.8 Å². The molecular weight excluding hydrogens is 234 g/mol. The molecule has 0 radical (unpaired) electrons. The number of nitro benzene ring substituents is 1. The number of Topliss-reactive ketones (excluding diaryl/α,β-unsaturated/α-hetero) is 1. The van der Waals surface area contributed by atoms with Crippen LogP contribution in [0.5, 0.6) is 5.75 Å². The molecule has 96 valence electrons. The number of nitrogens with zero attached hydrogens (tertiary/aromatic N) is 1. The first kappa shape index (κ1) is 12.5. The van der Waals surface area contributed by atoms with Crippen molar-refractivity contribution in [3.8, 4) is 5.75 Å². The van der Waals surface area contributed by atoms with E-state index in [-0.39, 0.29) is 22.3 Å². The number of benzene rings is 1. The third-order valence-corrected chi connectivity index (χ3v) is 3.55. The molecule has 0 saturated carbocycles. The molecule has 0 aliphatic heterocycles. The van der Waals surface area contributed by atoms with E-state index in [0.29, 0.717) is 24.2 Å². The number of ketones is 1. The third kappa shape index (κ3) is 2.08. The first-order valence-electron chi connectivity index (χ1n) is 5.88. The number of fused-ring (bicyclic) bond motifs is 1. The van der Waals surface area contributed by atoms with E-state index in [4.69, 9.17) is 4.74 Å². The van der Waals surface area contributed by atoms with Gasteiger partial charge in [0.05, 0.1) is 12.0 Å². The zero-order valence-corrected chi connectivity index (χ0v) is 10.4. The minimum atomic E-state index is -0.388. The van der Waals surface area contributed by atoms with Gasteiger partial charge >= 0.3 is 0 Å². The van der Waals surface area contributed by atoms with Crippen LogP contribution in [0.1, 0.15) is 24.5 Å². The van der Waals surface area contributed by atoms with Crippen LogP contribution < -0.4 is 4.74 Å². The lowest BCUT2D eigenvalue weighted by molar-refractivity contribution is -0.385. The molecule has 1 aliphatic carbocycles. The van der Waals surface area contributed by atoms with Crippen molar-refractivity contribution in [2.45, 2.75) is 26.2 Å². The minimum Gasteiger partial charge on any atom is -0.496 e. The second kappa shape index (κ2) is 4.76. The number of ether oxygens (including phenoxy) is 1. The normalized spacial score (nSPS) is 18.0. The van der Waals surface area contributed by atoms with Crippen molar-refractivity contribution < 1.29 is 14.5 Å². The number of methoxy groups -OCH3 is 1. The lowest BCUT2D eigenvalue weighted by Gasteiger charge is -2.23. The van der Waals surface area contributed by atoms with Crippen LogP contribution in [0, 0.1) is 16.0 Å². The van der Waals surface area contributed by atoms with Crippen LogP contribution in [0.3, 0.4) is 0 Å². The van der Waals surface area contributed by atoms with E-state index in [1.165, 1.54) is 6.07 Å². The van der Waals surface area contributed by atoms with Crippen LogP contribution in [0.2, 0.25) is 0 Å². The number of carbonyl (C=O) groups is 1. The van der Waals surface area contributed by atoms with Gasteiger partial charge in [0.1, 0.15) is 11.5 Å². The molecule has 1 unspecified atom stereocenters. The highest BCUT2D eigenvalue weighted by molar-refractivity contribution is 5.79. The summed E-state index contributed by atoms with van der Waals surface area (Å²) in [4.78, 5) is 22.1. The fourth-order valence-electron chi connectivity index (χ4n) is 2.54. The highest BCUT2D eigenvalue weighted by Gasteiger charge is 2.30. The summed E-state index contributed by atoms with van der Waals surface area (Å²) >= 11 is 0. The van der Waals surface area contributed by atoms with Gasteiger partial charge in [-0.1, -0.05) is 0 Å². The van der Waals surface area contributed by atoms with E-state index < -0.39 is 0 Å². The SMILES string of the molecule is COc1ccc([N+](=O)[O-])c2c1CCC(C(C)=O)C2. The Balaban J connectivity index is 2.51. The molecule has 5 nitrogen and oxygen atoms in total. The van der Waals surface area contributed by atoms with Gasteiger partial charge in [0, 0.05) is 23.1 Å². The number of rotatable bonds is 3. The summed E-state index contributed by atoms with van der Waals surface area (Å²) in [5.41, 5.74) is 1.63. The van der Waals surface area contributed by atoms with E-state index in [1.54, 1.807) is 20.1 Å². The molecule has 0 saturated heterocycles. The summed E-state index contributed by atoms with van der Waals surface area (Å²) in [7, 11) is 1.55. The van der Waals surface area contributed by atoms with Crippen molar-refractivity contribution in [3.63, 3.8) is 0 Å². The molecule has 0 amide bonds. The Hall–Kier alpha value is -1.91. The molecule has 1 aliphatic rings. The fourth-order valence-corrected chi connectivity index (χ4v) is 2.54. The highest BCUT2D eigenvalue weighted by Crippen LogP contribution is 2.37. The standard InChI is InChI=1S/C13H15NO4/c1-8(15)9-3-4-10-11(7-9)12(14(16)17)5-6-13(10)18-2/h5-6,9H,3-4,7H2,1-2H3. The van der Waals surface area contributed by atoms with Crippen LogP contribution in [-0.2, 0) is 17.6 Å². The summed E-state index contributed by atoms with van der Waals surface area (Å²) in [6, 6.07) is 3.09. The van der Waals surface area contributed by atoms with Gasteiger partial charge in [-0.15, -0.1) is 0 Å². The smallest absolute Gasteiger partial charge is 0.273 e. The molecule has 1 aromatic carbocycles. The Bertz CT molecular complexity index is 510. The maximum Gasteiger partial charge on any atom is 0.273 e. The van der Waals surface area contributed by atoms with E-state index in [1.807, 2.05) is 0 Å². The van der Waals surface area contributed by atoms with Gasteiger partial charge in [0.2, 0.25) is 0 Å². The van der Waals surface area contributed by atoms with Crippen molar-refractivity contribution in [2.24, 2.45) is 5.92 Å². The average molecular weight is 249 g/mol. The molecule has 0 spiro atoms. The fraction of sp³-hybridized carbons (Fsp3) is 0.462. The average Bonchev–Trinajstić information content (AvgIpc) is 2.36. The Kier molecular flexibility index (Phi) is 3.32. The molecule has 1 atom stereocenters. The van der Waals surface area contributed by atoms with Gasteiger partial charge in [-0.2, -0.15) is 0 Å². The molecular formula is C13H15NO4. The zero-order valence-electron chi connectivity index (χ0n) is 10.4. The Morgan fingerprint density at radius 1 is 1.44 bits per heavy atom. The van der Waals surface area contributed by atoms with Gasteiger partial charge in [-0.25, -0.2) is 0 Å². The van der Waals surface area contributed by atoms with Gasteiger partial charge in [-0.3, -0.25) is 14.9 Å². The Labute approximate surface area is 105 Å². The first-order valence-corrected chi connectivity index (χ1v) is 5.88. The third-order valence-electron chi connectivity index (χ3n) is 3.55. The highest BCUT2D eigenvalue weighted by atomic mass is 16.6. The molecule has 0 N–H and O–H groups in total. The number of carbonyl (C=O) groups excluding carboxylic acids is 1. The van der Waals surface area contributed by atoms with Crippen molar-refractivity contribution in [2.75, 3.05) is 7.11 Å². The molecule has 0 fully saturated rings. The van der Waals surface area contributed by atoms with Gasteiger partial charge < -0.3 is 4.74 Å². The maximum absolute atomic E-state index is 11.4. The van der Waals surface area contributed by atoms with E-state index in [2.05, 4.69) is 0 Å². The van der Waals surface area contributed by atoms with E-state index in [9.17, 15) is 14.9 Å². The summed E-state index contributed by atoms with van der Waals surface area (Å²) in [5.74, 6) is 0.665. The van der Waals surface area contributed by atoms with Crippen molar-refractivity contribution in [3.05, 3.63) is 33.4 Å². The maximum atomic E-state index is 11.4. The predicted molar refractivity (Wildman–Crippen MR) is 65.8 cm³/mol. The lowest BCUT2D eigenvalue weighted by atomic mass is 9.81. The van der Waals surface area contributed by atoms with Crippen molar-refractivity contribution in [1.29, 1.82) is 0 Å². The van der Waals surface area contributed by atoms with Gasteiger partial charge in [0.15, 0.2) is 0 Å². The van der Waals surface area contributed by atoms with Crippen LogP contribution in [0.15, 0.2) is 12.1 Å². The molecule has 0 bridgehead atoms. The minimum absolute atomic E-state index is 0.0942. The summed E-state index contributed by atoms with van der Waals surface area (Å²) in [6.07, 6.45) is 1.84. The van der Waals surface area contributed by atoms with Crippen LogP contribution in [0.4, 0.5) is 5.69 Å². The zero-order chi connectivity index (χ0) is 13.3. The molecule has 18 heavy (non-hydrogen) atoms. The summed E-state index contributed by atoms with van der Waals surface area (Å²) in [6.45, 7) is 1.54. The largest absolute Gasteiger partial charge is 0.496 e. The molecule has 0 heterocycles. The quantitative estimate of drug-likeness (QED) is 0.608. The van der Waals surface area contributed by atoms with E-state index >= 15 is 0 Å². The van der Waals surface area contributed by atoms with Gasteiger partial charge in [-0.05, 0) is 32.3 Å². The second-order valence-electron chi connectivity index (χ2n) is 4.55. The molecule has 2 rings (SSSR count). The summed E-state index contributed by atoms with van der Waals surface area (Å²) < 4.78 is 5.24. The molecule has 0 aromatic heterocycles. The van der Waals surface area contributed by atoms with E-state index in [0.717, 1.165) is 12.0 Å². The van der Waals surface area contributed by atoms with Crippen molar-refractivity contribution in [1.82, 2.24) is 0 Å². The second-order valence-corrected chi connectivity index (χ2v) is 4.55. The predicted octanol–water partition coefficient (Wildman–Crippen LogP) is 2.30. The number of nitro groups is 1. The monoisotopic (exact) mass is 249 g/mol.